The lowest BCUT2D eigenvalue weighted by atomic mass is 10.2. The monoisotopic (exact) mass is 265 g/mol. The molecule has 18 heavy (non-hydrogen) atoms. The van der Waals surface area contributed by atoms with Crippen LogP contribution in [0.15, 0.2) is 12.4 Å². The van der Waals surface area contributed by atoms with Crippen LogP contribution in [0.25, 0.3) is 0 Å². The Kier molecular flexibility index (Phi) is 5.29. The highest BCUT2D eigenvalue weighted by atomic mass is 32.2. The molecule has 1 fully saturated rings. The molecule has 100 valence electrons. The van der Waals surface area contributed by atoms with Gasteiger partial charge in [-0.3, -0.25) is 0 Å². The highest BCUT2D eigenvalue weighted by Gasteiger charge is 2.24. The van der Waals surface area contributed by atoms with E-state index in [-0.39, 0.29) is 0 Å². The number of hydrogen-bond donors (Lipinski definition) is 1. The van der Waals surface area contributed by atoms with E-state index in [9.17, 15) is 0 Å². The summed E-state index contributed by atoms with van der Waals surface area (Å²) in [5.41, 5.74) is 1.15. The molecule has 3 nitrogen and oxygen atoms in total. The summed E-state index contributed by atoms with van der Waals surface area (Å²) in [6.45, 7) is 4.42. The molecule has 1 aromatic heterocycles. The van der Waals surface area contributed by atoms with E-state index >= 15 is 0 Å². The Morgan fingerprint density at radius 2 is 2.22 bits per heavy atom. The topological polar surface area (TPSA) is 37.8 Å². The zero-order valence-electron chi connectivity index (χ0n) is 11.4. The number of anilines is 1. The second-order valence-corrected chi connectivity index (χ2v) is 6.45. The van der Waals surface area contributed by atoms with Gasteiger partial charge >= 0.3 is 0 Å². The molecule has 0 saturated heterocycles. The Morgan fingerprint density at radius 3 is 3.00 bits per heavy atom. The SMILES string of the molecule is CCCc1cc(NC2CCC(SCC)C2)ncn1. The van der Waals surface area contributed by atoms with Crippen LogP contribution in [-0.2, 0) is 6.42 Å². The van der Waals surface area contributed by atoms with E-state index in [4.69, 9.17) is 0 Å². The predicted octanol–water partition coefficient (Wildman–Crippen LogP) is 3.52. The molecular formula is C14H23N3S. The van der Waals surface area contributed by atoms with Crippen LogP contribution in [0.5, 0.6) is 0 Å². The molecule has 0 bridgehead atoms. The van der Waals surface area contributed by atoms with Gasteiger partial charge in [0.2, 0.25) is 0 Å². The molecule has 0 aromatic carbocycles. The van der Waals surface area contributed by atoms with Crippen molar-refractivity contribution in [3.63, 3.8) is 0 Å². The standard InChI is InChI=1S/C14H23N3S/c1-3-5-11-9-14(16-10-15-11)17-12-6-7-13(8-12)18-4-2/h9-10,12-13H,3-8H2,1-2H3,(H,15,16,17). The van der Waals surface area contributed by atoms with Crippen LogP contribution >= 0.6 is 11.8 Å². The smallest absolute Gasteiger partial charge is 0.129 e. The molecule has 4 heteroatoms. The quantitative estimate of drug-likeness (QED) is 0.854. The Labute approximate surface area is 114 Å². The number of hydrogen-bond acceptors (Lipinski definition) is 4. The van der Waals surface area contributed by atoms with E-state index in [2.05, 4.69) is 47.0 Å². The Morgan fingerprint density at radius 1 is 1.33 bits per heavy atom. The van der Waals surface area contributed by atoms with Gasteiger partial charge in [0, 0.05) is 23.1 Å². The number of thioether (sulfide) groups is 1. The first kappa shape index (κ1) is 13.7. The van der Waals surface area contributed by atoms with Gasteiger partial charge in [0.1, 0.15) is 12.1 Å². The van der Waals surface area contributed by atoms with Crippen molar-refractivity contribution in [1.29, 1.82) is 0 Å². The van der Waals surface area contributed by atoms with Crippen LogP contribution in [0, 0.1) is 0 Å². The Hall–Kier alpha value is -0.770. The van der Waals surface area contributed by atoms with Gasteiger partial charge in [-0.05, 0) is 31.4 Å². The highest BCUT2D eigenvalue weighted by Crippen LogP contribution is 2.31. The van der Waals surface area contributed by atoms with Gasteiger partial charge in [-0.2, -0.15) is 11.8 Å². The van der Waals surface area contributed by atoms with Crippen LogP contribution in [-0.4, -0.2) is 27.0 Å². The van der Waals surface area contributed by atoms with Crippen molar-refractivity contribution in [2.75, 3.05) is 11.1 Å². The number of rotatable bonds is 6. The predicted molar refractivity (Wildman–Crippen MR) is 79.2 cm³/mol. The van der Waals surface area contributed by atoms with Crippen LogP contribution in [0.4, 0.5) is 5.82 Å². The fraction of sp³-hybridized carbons (Fsp3) is 0.714. The fourth-order valence-corrected chi connectivity index (χ4v) is 3.68. The molecule has 1 saturated carbocycles. The number of aryl methyl sites for hydroxylation is 1. The van der Waals surface area contributed by atoms with Gasteiger partial charge in [0.05, 0.1) is 0 Å². The summed E-state index contributed by atoms with van der Waals surface area (Å²) < 4.78 is 0. The van der Waals surface area contributed by atoms with Crippen molar-refractivity contribution in [2.45, 2.75) is 57.2 Å². The molecule has 1 aliphatic carbocycles. The molecule has 0 amide bonds. The first-order valence-electron chi connectivity index (χ1n) is 7.00. The largest absolute Gasteiger partial charge is 0.367 e. The average molecular weight is 265 g/mol. The van der Waals surface area contributed by atoms with Crippen molar-refractivity contribution >= 4 is 17.6 Å². The van der Waals surface area contributed by atoms with Crippen LogP contribution in [0.1, 0.15) is 45.2 Å². The van der Waals surface area contributed by atoms with Gasteiger partial charge < -0.3 is 5.32 Å². The Bertz CT molecular complexity index is 370. The maximum atomic E-state index is 4.33. The van der Waals surface area contributed by atoms with Crippen molar-refractivity contribution in [3.05, 3.63) is 18.1 Å². The molecule has 1 N–H and O–H groups in total. The maximum absolute atomic E-state index is 4.33. The molecule has 0 radical (unpaired) electrons. The average Bonchev–Trinajstić information content (AvgIpc) is 2.78. The molecule has 2 atom stereocenters. The normalized spacial score (nSPS) is 23.2. The molecule has 1 aliphatic rings. The van der Waals surface area contributed by atoms with Crippen LogP contribution in [0.2, 0.25) is 0 Å². The zero-order chi connectivity index (χ0) is 12.8. The minimum absolute atomic E-state index is 0.596. The lowest BCUT2D eigenvalue weighted by Gasteiger charge is -2.14. The van der Waals surface area contributed by atoms with Gasteiger partial charge in [0.15, 0.2) is 0 Å². The molecule has 1 aromatic rings. The third kappa shape index (κ3) is 3.87. The molecule has 0 spiro atoms. The van der Waals surface area contributed by atoms with Gasteiger partial charge in [-0.25, -0.2) is 9.97 Å². The summed E-state index contributed by atoms with van der Waals surface area (Å²) in [5, 5.41) is 4.40. The van der Waals surface area contributed by atoms with E-state index in [1.54, 1.807) is 6.33 Å². The second kappa shape index (κ2) is 6.98. The van der Waals surface area contributed by atoms with Gasteiger partial charge in [-0.1, -0.05) is 20.3 Å². The third-order valence-corrected chi connectivity index (χ3v) is 4.60. The maximum Gasteiger partial charge on any atom is 0.129 e. The lowest BCUT2D eigenvalue weighted by molar-refractivity contribution is 0.749. The van der Waals surface area contributed by atoms with Crippen molar-refractivity contribution < 1.29 is 0 Å². The molecule has 1 heterocycles. The van der Waals surface area contributed by atoms with Crippen LogP contribution in [0.3, 0.4) is 0 Å². The number of aromatic nitrogens is 2. The van der Waals surface area contributed by atoms with Crippen molar-refractivity contribution in [1.82, 2.24) is 9.97 Å². The number of nitrogens with zero attached hydrogens (tertiary/aromatic N) is 2. The zero-order valence-corrected chi connectivity index (χ0v) is 12.2. The summed E-state index contributed by atoms with van der Waals surface area (Å²) >= 11 is 2.09. The molecule has 2 rings (SSSR count). The van der Waals surface area contributed by atoms with E-state index < -0.39 is 0 Å². The first-order chi connectivity index (χ1) is 8.81. The van der Waals surface area contributed by atoms with E-state index in [1.807, 2.05) is 0 Å². The minimum Gasteiger partial charge on any atom is -0.367 e. The van der Waals surface area contributed by atoms with E-state index in [0.717, 1.165) is 29.6 Å². The molecule has 2 unspecified atom stereocenters. The van der Waals surface area contributed by atoms with Crippen molar-refractivity contribution in [3.8, 4) is 0 Å². The second-order valence-electron chi connectivity index (χ2n) is 4.88. The summed E-state index contributed by atoms with van der Waals surface area (Å²) in [6.07, 6.45) is 7.73. The summed E-state index contributed by atoms with van der Waals surface area (Å²) in [4.78, 5) is 8.62. The summed E-state index contributed by atoms with van der Waals surface area (Å²) in [5.74, 6) is 2.23. The van der Waals surface area contributed by atoms with Gasteiger partial charge in [-0.15, -0.1) is 0 Å². The molecule has 0 aliphatic heterocycles. The highest BCUT2D eigenvalue weighted by molar-refractivity contribution is 7.99. The summed E-state index contributed by atoms with van der Waals surface area (Å²) in [7, 11) is 0. The first-order valence-corrected chi connectivity index (χ1v) is 8.05. The third-order valence-electron chi connectivity index (χ3n) is 3.37. The Balaban J connectivity index is 1.88. The fourth-order valence-electron chi connectivity index (χ4n) is 2.54. The summed E-state index contributed by atoms with van der Waals surface area (Å²) in [6, 6.07) is 2.70. The van der Waals surface area contributed by atoms with Gasteiger partial charge in [0.25, 0.3) is 0 Å². The van der Waals surface area contributed by atoms with E-state index in [0.29, 0.717) is 6.04 Å². The minimum atomic E-state index is 0.596. The van der Waals surface area contributed by atoms with Crippen molar-refractivity contribution in [2.24, 2.45) is 0 Å². The van der Waals surface area contributed by atoms with E-state index in [1.165, 1.54) is 25.0 Å². The lowest BCUT2D eigenvalue weighted by Crippen LogP contribution is -2.17. The molecular weight excluding hydrogens is 242 g/mol. The number of nitrogens with one attached hydrogen (secondary N) is 1. The van der Waals surface area contributed by atoms with Crippen LogP contribution < -0.4 is 5.32 Å².